The number of nitrogens with one attached hydrogen (secondary N) is 1. The highest BCUT2D eigenvalue weighted by Gasteiger charge is 2.21. The highest BCUT2D eigenvalue weighted by Crippen LogP contribution is 2.22. The van der Waals surface area contributed by atoms with Gasteiger partial charge in [-0.1, -0.05) is 36.8 Å². The van der Waals surface area contributed by atoms with E-state index in [1.807, 2.05) is 45.0 Å². The van der Waals surface area contributed by atoms with Gasteiger partial charge in [0.15, 0.2) is 6.10 Å². The van der Waals surface area contributed by atoms with E-state index in [2.05, 4.69) is 38.2 Å². The van der Waals surface area contributed by atoms with Crippen LogP contribution in [0.2, 0.25) is 0 Å². The van der Waals surface area contributed by atoms with Gasteiger partial charge in [-0.3, -0.25) is 4.79 Å². The predicted molar refractivity (Wildman–Crippen MR) is 103 cm³/mol. The molecule has 0 aromatic heterocycles. The number of carbonyl (C=O) groups excluding carboxylic acids is 1. The lowest BCUT2D eigenvalue weighted by Gasteiger charge is -2.22. The summed E-state index contributed by atoms with van der Waals surface area (Å²) >= 11 is 0. The van der Waals surface area contributed by atoms with E-state index in [4.69, 9.17) is 4.74 Å². The lowest BCUT2D eigenvalue weighted by molar-refractivity contribution is -0.128. The van der Waals surface area contributed by atoms with Crippen molar-refractivity contribution < 1.29 is 9.53 Å². The second-order valence-corrected chi connectivity index (χ2v) is 6.85. The molecule has 2 aromatic rings. The Balaban J connectivity index is 2.08. The van der Waals surface area contributed by atoms with E-state index < -0.39 is 6.10 Å². The Morgan fingerprint density at radius 1 is 1.00 bits per heavy atom. The standard InChI is InChI=1S/C22H29NO2/c1-7-21(25-19-10-8-14(2)9-11-19)22(24)23-18(6)20-13-16(4)15(3)12-17(20)5/h8-13,18,21H,7H2,1-6H3,(H,23,24). The van der Waals surface area contributed by atoms with Gasteiger partial charge in [0.25, 0.3) is 5.91 Å². The summed E-state index contributed by atoms with van der Waals surface area (Å²) in [7, 11) is 0. The molecule has 2 unspecified atom stereocenters. The van der Waals surface area contributed by atoms with Gasteiger partial charge in [-0.2, -0.15) is 0 Å². The van der Waals surface area contributed by atoms with E-state index in [1.165, 1.54) is 22.3 Å². The zero-order chi connectivity index (χ0) is 18.6. The SMILES string of the molecule is CCC(Oc1ccc(C)cc1)C(=O)NC(C)c1cc(C)c(C)cc1C. The molecule has 0 aliphatic carbocycles. The summed E-state index contributed by atoms with van der Waals surface area (Å²) in [5.41, 5.74) is 6.03. The summed E-state index contributed by atoms with van der Waals surface area (Å²) in [6, 6.07) is 12.1. The van der Waals surface area contributed by atoms with Gasteiger partial charge in [0.05, 0.1) is 6.04 Å². The maximum absolute atomic E-state index is 12.7. The van der Waals surface area contributed by atoms with Crippen LogP contribution in [0.4, 0.5) is 0 Å². The van der Waals surface area contributed by atoms with Gasteiger partial charge in [-0.15, -0.1) is 0 Å². The fourth-order valence-corrected chi connectivity index (χ4v) is 2.94. The van der Waals surface area contributed by atoms with Gasteiger partial charge in [-0.25, -0.2) is 0 Å². The Labute approximate surface area is 151 Å². The number of ether oxygens (including phenoxy) is 1. The molecule has 3 heteroatoms. The number of hydrogen-bond donors (Lipinski definition) is 1. The molecule has 0 heterocycles. The molecule has 3 nitrogen and oxygen atoms in total. The Bertz CT molecular complexity index is 734. The van der Waals surface area contributed by atoms with Crippen molar-refractivity contribution in [2.75, 3.05) is 0 Å². The predicted octanol–water partition coefficient (Wildman–Crippen LogP) is 4.96. The second kappa shape index (κ2) is 8.19. The number of carbonyl (C=O) groups is 1. The first-order valence-corrected chi connectivity index (χ1v) is 8.93. The fraction of sp³-hybridized carbons (Fsp3) is 0.409. The van der Waals surface area contributed by atoms with E-state index in [9.17, 15) is 4.79 Å². The van der Waals surface area contributed by atoms with Gasteiger partial charge in [-0.05, 0) is 75.4 Å². The van der Waals surface area contributed by atoms with Crippen LogP contribution in [0.5, 0.6) is 5.75 Å². The third kappa shape index (κ3) is 4.85. The van der Waals surface area contributed by atoms with Crippen molar-refractivity contribution in [2.24, 2.45) is 0 Å². The van der Waals surface area contributed by atoms with Gasteiger partial charge >= 0.3 is 0 Å². The highest BCUT2D eigenvalue weighted by molar-refractivity contribution is 5.81. The van der Waals surface area contributed by atoms with Gasteiger partial charge in [0.2, 0.25) is 0 Å². The Kier molecular flexibility index (Phi) is 6.24. The first-order chi connectivity index (χ1) is 11.8. The monoisotopic (exact) mass is 339 g/mol. The average Bonchev–Trinajstić information content (AvgIpc) is 2.57. The largest absolute Gasteiger partial charge is 0.481 e. The Morgan fingerprint density at radius 2 is 1.60 bits per heavy atom. The van der Waals surface area contributed by atoms with Crippen LogP contribution < -0.4 is 10.1 Å². The van der Waals surface area contributed by atoms with Crippen molar-refractivity contribution in [3.63, 3.8) is 0 Å². The van der Waals surface area contributed by atoms with Gasteiger partial charge < -0.3 is 10.1 Å². The zero-order valence-corrected chi connectivity index (χ0v) is 16.1. The van der Waals surface area contributed by atoms with Crippen molar-refractivity contribution in [1.29, 1.82) is 0 Å². The summed E-state index contributed by atoms with van der Waals surface area (Å²) in [6.07, 6.45) is 0.134. The highest BCUT2D eigenvalue weighted by atomic mass is 16.5. The molecular weight excluding hydrogens is 310 g/mol. The van der Waals surface area contributed by atoms with Crippen LogP contribution in [0.15, 0.2) is 36.4 Å². The Morgan fingerprint density at radius 3 is 2.20 bits per heavy atom. The maximum Gasteiger partial charge on any atom is 0.261 e. The van der Waals surface area contributed by atoms with E-state index >= 15 is 0 Å². The normalized spacial score (nSPS) is 13.2. The second-order valence-electron chi connectivity index (χ2n) is 6.85. The van der Waals surface area contributed by atoms with Crippen molar-refractivity contribution in [1.82, 2.24) is 5.32 Å². The lowest BCUT2D eigenvalue weighted by atomic mass is 9.96. The van der Waals surface area contributed by atoms with Crippen LogP contribution in [-0.4, -0.2) is 12.0 Å². The van der Waals surface area contributed by atoms with E-state index in [-0.39, 0.29) is 11.9 Å². The average molecular weight is 339 g/mol. The molecule has 134 valence electrons. The molecule has 0 aliphatic heterocycles. The maximum atomic E-state index is 12.7. The molecule has 0 spiro atoms. The number of amides is 1. The molecule has 0 fully saturated rings. The number of hydrogen-bond acceptors (Lipinski definition) is 2. The zero-order valence-electron chi connectivity index (χ0n) is 16.1. The third-order valence-electron chi connectivity index (χ3n) is 4.67. The summed E-state index contributed by atoms with van der Waals surface area (Å²) in [4.78, 5) is 12.7. The number of aryl methyl sites for hydroxylation is 4. The lowest BCUT2D eigenvalue weighted by Crippen LogP contribution is -2.39. The summed E-state index contributed by atoms with van der Waals surface area (Å²) in [5.74, 6) is 0.649. The third-order valence-corrected chi connectivity index (χ3v) is 4.67. The van der Waals surface area contributed by atoms with E-state index in [1.54, 1.807) is 0 Å². The van der Waals surface area contributed by atoms with Crippen LogP contribution in [0.3, 0.4) is 0 Å². The van der Waals surface area contributed by atoms with Gasteiger partial charge in [0, 0.05) is 0 Å². The molecule has 0 saturated carbocycles. The molecule has 0 bridgehead atoms. The van der Waals surface area contributed by atoms with E-state index in [0.29, 0.717) is 6.42 Å². The first-order valence-electron chi connectivity index (χ1n) is 8.93. The van der Waals surface area contributed by atoms with Crippen LogP contribution in [0.1, 0.15) is 54.1 Å². The van der Waals surface area contributed by atoms with Crippen molar-refractivity contribution in [2.45, 2.75) is 60.1 Å². The summed E-state index contributed by atoms with van der Waals surface area (Å²) < 4.78 is 5.88. The molecule has 2 atom stereocenters. The summed E-state index contributed by atoms with van der Waals surface area (Å²) in [5, 5.41) is 3.10. The molecule has 1 amide bonds. The quantitative estimate of drug-likeness (QED) is 0.808. The molecule has 0 aliphatic rings. The molecule has 2 aromatic carbocycles. The molecular formula is C22H29NO2. The minimum absolute atomic E-state index is 0.0533. The van der Waals surface area contributed by atoms with Crippen LogP contribution in [0, 0.1) is 27.7 Å². The molecule has 0 radical (unpaired) electrons. The topological polar surface area (TPSA) is 38.3 Å². The molecule has 1 N–H and O–H groups in total. The van der Waals surface area contributed by atoms with E-state index in [0.717, 1.165) is 11.3 Å². The van der Waals surface area contributed by atoms with Crippen molar-refractivity contribution in [3.05, 3.63) is 64.2 Å². The number of benzene rings is 2. The fourth-order valence-electron chi connectivity index (χ4n) is 2.94. The summed E-state index contributed by atoms with van der Waals surface area (Å²) in [6.45, 7) is 12.3. The first kappa shape index (κ1) is 19.0. The van der Waals surface area contributed by atoms with Crippen molar-refractivity contribution in [3.8, 4) is 5.75 Å². The minimum Gasteiger partial charge on any atom is -0.481 e. The van der Waals surface area contributed by atoms with Crippen LogP contribution in [-0.2, 0) is 4.79 Å². The molecule has 2 rings (SSSR count). The number of rotatable bonds is 6. The molecule has 25 heavy (non-hydrogen) atoms. The smallest absolute Gasteiger partial charge is 0.261 e. The Hall–Kier alpha value is -2.29. The van der Waals surface area contributed by atoms with Crippen LogP contribution >= 0.6 is 0 Å². The minimum atomic E-state index is -0.489. The van der Waals surface area contributed by atoms with Crippen molar-refractivity contribution >= 4 is 5.91 Å². The van der Waals surface area contributed by atoms with Crippen LogP contribution in [0.25, 0.3) is 0 Å². The van der Waals surface area contributed by atoms with Gasteiger partial charge in [0.1, 0.15) is 5.75 Å². The molecule has 0 saturated heterocycles.